The third kappa shape index (κ3) is 4.80. The summed E-state index contributed by atoms with van der Waals surface area (Å²) < 4.78 is 68.4. The van der Waals surface area contributed by atoms with Crippen LogP contribution >= 0.6 is 0 Å². The first-order valence-corrected chi connectivity index (χ1v) is 9.19. The lowest BCUT2D eigenvalue weighted by atomic mass is 9.91. The van der Waals surface area contributed by atoms with Gasteiger partial charge in [0.05, 0.1) is 18.3 Å². The lowest BCUT2D eigenvalue weighted by Gasteiger charge is -2.43. The topological polar surface area (TPSA) is 55.8 Å². The van der Waals surface area contributed by atoms with E-state index in [0.717, 1.165) is 25.9 Å². The molecule has 1 aliphatic heterocycles. The molecule has 1 heterocycles. The highest BCUT2D eigenvalue weighted by Crippen LogP contribution is 2.34. The third-order valence-corrected chi connectivity index (χ3v) is 5.47. The number of rotatable bonds is 4. The largest absolute Gasteiger partial charge is 0.523 e. The van der Waals surface area contributed by atoms with Crippen LogP contribution in [0.5, 0.6) is 0 Å². The van der Waals surface area contributed by atoms with E-state index in [-0.39, 0.29) is 30.6 Å². The SMILES string of the molecule is CC(C)(C)N1CCC(OC2CC(OS(=O)(=O)C(F)(F)F)C2)CC1. The molecule has 2 fully saturated rings. The predicted octanol–water partition coefficient (Wildman–Crippen LogP) is 2.66. The fourth-order valence-corrected chi connectivity index (χ4v) is 3.50. The summed E-state index contributed by atoms with van der Waals surface area (Å²) in [5.41, 5.74) is -5.24. The van der Waals surface area contributed by atoms with E-state index in [1.807, 2.05) is 0 Å². The molecule has 23 heavy (non-hydrogen) atoms. The molecule has 0 aromatic rings. The van der Waals surface area contributed by atoms with Crippen LogP contribution in [0, 0.1) is 0 Å². The van der Waals surface area contributed by atoms with Gasteiger partial charge in [-0.1, -0.05) is 0 Å². The molecule has 0 unspecified atom stereocenters. The van der Waals surface area contributed by atoms with E-state index >= 15 is 0 Å². The number of likely N-dealkylation sites (tertiary alicyclic amines) is 1. The number of halogens is 3. The molecule has 0 bridgehead atoms. The van der Waals surface area contributed by atoms with Gasteiger partial charge in [0.1, 0.15) is 0 Å². The van der Waals surface area contributed by atoms with E-state index in [1.54, 1.807) is 0 Å². The van der Waals surface area contributed by atoms with Crippen molar-refractivity contribution in [3.05, 3.63) is 0 Å². The number of ether oxygens (including phenoxy) is 1. The van der Waals surface area contributed by atoms with Crippen LogP contribution in [0.1, 0.15) is 46.5 Å². The second-order valence-electron chi connectivity index (χ2n) is 7.20. The Morgan fingerprint density at radius 2 is 1.48 bits per heavy atom. The molecule has 9 heteroatoms. The molecule has 1 saturated carbocycles. The van der Waals surface area contributed by atoms with E-state index < -0.39 is 21.7 Å². The van der Waals surface area contributed by atoms with Crippen molar-refractivity contribution in [1.82, 2.24) is 4.90 Å². The van der Waals surface area contributed by atoms with Gasteiger partial charge in [-0.25, -0.2) is 0 Å². The molecule has 0 spiro atoms. The Morgan fingerprint density at radius 1 is 0.957 bits per heavy atom. The van der Waals surface area contributed by atoms with Crippen LogP contribution in [-0.2, 0) is 19.0 Å². The zero-order chi connectivity index (χ0) is 17.5. The Labute approximate surface area is 135 Å². The summed E-state index contributed by atoms with van der Waals surface area (Å²) in [4.78, 5) is 2.37. The van der Waals surface area contributed by atoms with Crippen LogP contribution in [0.25, 0.3) is 0 Å². The van der Waals surface area contributed by atoms with Crippen molar-refractivity contribution in [3.63, 3.8) is 0 Å². The highest BCUT2D eigenvalue weighted by Gasteiger charge is 2.50. The Kier molecular flexibility index (Phi) is 5.35. The molecule has 0 aromatic heterocycles. The van der Waals surface area contributed by atoms with Gasteiger partial charge in [-0.3, -0.25) is 9.08 Å². The molecular formula is C14H24F3NO4S. The molecule has 0 aromatic carbocycles. The van der Waals surface area contributed by atoms with E-state index in [0.29, 0.717) is 0 Å². The van der Waals surface area contributed by atoms with Crippen LogP contribution < -0.4 is 0 Å². The van der Waals surface area contributed by atoms with Crippen LogP contribution in [0.3, 0.4) is 0 Å². The van der Waals surface area contributed by atoms with Crippen molar-refractivity contribution in [3.8, 4) is 0 Å². The van der Waals surface area contributed by atoms with Gasteiger partial charge in [-0.15, -0.1) is 0 Å². The summed E-state index contributed by atoms with van der Waals surface area (Å²) >= 11 is 0. The van der Waals surface area contributed by atoms with Gasteiger partial charge in [0.15, 0.2) is 0 Å². The molecule has 0 amide bonds. The molecule has 2 rings (SSSR count). The zero-order valence-corrected chi connectivity index (χ0v) is 14.4. The normalized spacial score (nSPS) is 28.6. The van der Waals surface area contributed by atoms with Gasteiger partial charge in [-0.2, -0.15) is 21.6 Å². The Bertz CT molecular complexity index is 501. The lowest BCUT2D eigenvalue weighted by Crippen LogP contribution is -2.49. The Hall–Kier alpha value is -0.380. The van der Waals surface area contributed by atoms with Crippen molar-refractivity contribution < 1.29 is 30.5 Å². The average Bonchev–Trinajstić information content (AvgIpc) is 2.34. The number of alkyl halides is 3. The predicted molar refractivity (Wildman–Crippen MR) is 78.3 cm³/mol. The fraction of sp³-hybridized carbons (Fsp3) is 1.00. The highest BCUT2D eigenvalue weighted by atomic mass is 32.2. The monoisotopic (exact) mass is 359 g/mol. The summed E-state index contributed by atoms with van der Waals surface area (Å²) in [6.45, 7) is 8.31. The van der Waals surface area contributed by atoms with E-state index in [4.69, 9.17) is 4.74 Å². The Balaban J connectivity index is 1.70. The first-order chi connectivity index (χ1) is 10.4. The number of hydrogen-bond donors (Lipinski definition) is 0. The maximum atomic E-state index is 12.2. The third-order valence-electron chi connectivity index (χ3n) is 4.37. The minimum absolute atomic E-state index is 0.0822. The molecule has 1 aliphatic carbocycles. The first-order valence-electron chi connectivity index (χ1n) is 7.78. The molecule has 1 saturated heterocycles. The first kappa shape index (κ1) is 19.0. The van der Waals surface area contributed by atoms with Gasteiger partial charge >= 0.3 is 15.6 Å². The van der Waals surface area contributed by atoms with Crippen LogP contribution in [0.2, 0.25) is 0 Å². The molecule has 136 valence electrons. The number of nitrogens with zero attached hydrogens (tertiary/aromatic N) is 1. The van der Waals surface area contributed by atoms with Gasteiger partial charge < -0.3 is 4.74 Å². The van der Waals surface area contributed by atoms with E-state index in [1.165, 1.54) is 0 Å². The average molecular weight is 359 g/mol. The number of piperidine rings is 1. The van der Waals surface area contributed by atoms with Crippen LogP contribution in [-0.4, -0.2) is 55.8 Å². The second-order valence-corrected chi connectivity index (χ2v) is 8.77. The Morgan fingerprint density at radius 3 is 1.91 bits per heavy atom. The maximum absolute atomic E-state index is 12.2. The maximum Gasteiger partial charge on any atom is 0.523 e. The van der Waals surface area contributed by atoms with Gasteiger partial charge in [0, 0.05) is 31.5 Å². The van der Waals surface area contributed by atoms with Crippen molar-refractivity contribution >= 4 is 10.1 Å². The summed E-state index contributed by atoms with van der Waals surface area (Å²) in [5, 5.41) is 0. The van der Waals surface area contributed by atoms with Gasteiger partial charge in [0.2, 0.25) is 0 Å². The van der Waals surface area contributed by atoms with Gasteiger partial charge in [-0.05, 0) is 33.6 Å². The quantitative estimate of drug-likeness (QED) is 0.571. The van der Waals surface area contributed by atoms with Crippen molar-refractivity contribution in [2.24, 2.45) is 0 Å². The minimum atomic E-state index is -5.50. The van der Waals surface area contributed by atoms with Gasteiger partial charge in [0.25, 0.3) is 0 Å². The number of hydrogen-bond acceptors (Lipinski definition) is 5. The molecule has 0 radical (unpaired) electrons. The molecule has 5 nitrogen and oxygen atoms in total. The molecule has 0 atom stereocenters. The smallest absolute Gasteiger partial charge is 0.375 e. The highest BCUT2D eigenvalue weighted by molar-refractivity contribution is 7.87. The molecule has 0 N–H and O–H groups in total. The van der Waals surface area contributed by atoms with E-state index in [9.17, 15) is 21.6 Å². The standard InChI is InChI=1S/C14H24F3NO4S/c1-13(2,3)18-6-4-10(5-7-18)21-11-8-12(9-11)22-23(19,20)14(15,16)17/h10-12H,4-9H2,1-3H3. The zero-order valence-electron chi connectivity index (χ0n) is 13.6. The summed E-state index contributed by atoms with van der Waals surface area (Å²) in [6, 6.07) is 0. The summed E-state index contributed by atoms with van der Waals surface area (Å²) in [6.07, 6.45) is 1.07. The second kappa shape index (κ2) is 6.50. The summed E-state index contributed by atoms with van der Waals surface area (Å²) in [7, 11) is -5.50. The van der Waals surface area contributed by atoms with E-state index in [2.05, 4.69) is 29.9 Å². The fourth-order valence-electron chi connectivity index (χ4n) is 2.88. The van der Waals surface area contributed by atoms with Crippen LogP contribution in [0.15, 0.2) is 0 Å². The minimum Gasteiger partial charge on any atom is -0.375 e. The van der Waals surface area contributed by atoms with Crippen molar-refractivity contribution in [2.75, 3.05) is 13.1 Å². The van der Waals surface area contributed by atoms with Crippen LogP contribution in [0.4, 0.5) is 13.2 Å². The lowest BCUT2D eigenvalue weighted by molar-refractivity contribution is -0.120. The summed E-state index contributed by atoms with van der Waals surface area (Å²) in [5.74, 6) is 0. The molecular weight excluding hydrogens is 335 g/mol. The molecule has 2 aliphatic rings. The van der Waals surface area contributed by atoms with Crippen molar-refractivity contribution in [1.29, 1.82) is 0 Å². The van der Waals surface area contributed by atoms with Crippen molar-refractivity contribution in [2.45, 2.75) is 75.8 Å².